The summed E-state index contributed by atoms with van der Waals surface area (Å²) in [5.41, 5.74) is 1.13. The van der Waals surface area contributed by atoms with Crippen molar-refractivity contribution in [2.24, 2.45) is 5.92 Å². The maximum absolute atomic E-state index is 13.0. The number of hydrogen-bond acceptors (Lipinski definition) is 3. The molecule has 0 bridgehead atoms. The average molecular weight is 310 g/mol. The normalized spacial score (nSPS) is 27.6. The third kappa shape index (κ3) is 3.22. The summed E-state index contributed by atoms with van der Waals surface area (Å²) < 4.78 is 18.8. The Balaban J connectivity index is 2.25. The lowest BCUT2D eigenvalue weighted by Crippen LogP contribution is -2.40. The molecule has 1 heterocycles. The molecule has 1 aromatic carbocycles. The number of aliphatic hydroxyl groups is 1. The topological polar surface area (TPSA) is 49.8 Å². The summed E-state index contributed by atoms with van der Waals surface area (Å²) in [4.78, 5) is -0.183. The number of unbranched alkanes of at least 4 members (excludes halogenated alkanes) is 1. The minimum absolute atomic E-state index is 0.0195. The van der Waals surface area contributed by atoms with E-state index in [2.05, 4.69) is 6.92 Å². The van der Waals surface area contributed by atoms with Crippen molar-refractivity contribution in [3.05, 3.63) is 29.8 Å². The van der Waals surface area contributed by atoms with Crippen LogP contribution in [0.2, 0.25) is 0 Å². The Bertz CT molecular complexity index is 497. The van der Waals surface area contributed by atoms with E-state index in [-0.39, 0.29) is 12.0 Å². The lowest BCUT2D eigenvalue weighted by Gasteiger charge is -2.23. The molecule has 1 fully saturated rings. The highest BCUT2D eigenvalue weighted by molar-refractivity contribution is 7.86. The van der Waals surface area contributed by atoms with Gasteiger partial charge in [-0.3, -0.25) is 4.21 Å². The summed E-state index contributed by atoms with van der Waals surface area (Å²) >= 11 is 0. The van der Waals surface area contributed by atoms with Gasteiger partial charge < -0.3 is 9.84 Å². The maximum atomic E-state index is 13.0. The first-order chi connectivity index (χ1) is 9.93. The first-order valence-electron chi connectivity index (χ1n) is 7.78. The van der Waals surface area contributed by atoms with Gasteiger partial charge >= 0.3 is 0 Å². The van der Waals surface area contributed by atoms with Crippen molar-refractivity contribution in [1.29, 1.82) is 0 Å². The fourth-order valence-electron chi connectivity index (χ4n) is 2.68. The Labute approximate surface area is 130 Å². The van der Waals surface area contributed by atoms with Crippen molar-refractivity contribution in [2.45, 2.75) is 69.0 Å². The van der Waals surface area contributed by atoms with Crippen LogP contribution in [0.3, 0.4) is 0 Å². The van der Waals surface area contributed by atoms with E-state index < -0.39 is 21.8 Å². The zero-order valence-corrected chi connectivity index (χ0v) is 14.2. The van der Waals surface area contributed by atoms with Crippen LogP contribution in [0.5, 0.6) is 0 Å². The lowest BCUT2D eigenvalue weighted by atomic mass is 10.00. The van der Waals surface area contributed by atoms with Crippen LogP contribution < -0.4 is 0 Å². The molecule has 3 nitrogen and oxygen atoms in total. The predicted molar refractivity (Wildman–Crippen MR) is 85.6 cm³/mol. The zero-order valence-electron chi connectivity index (χ0n) is 13.3. The van der Waals surface area contributed by atoms with Crippen LogP contribution in [-0.4, -0.2) is 26.5 Å². The van der Waals surface area contributed by atoms with Crippen LogP contribution in [-0.2, 0) is 15.5 Å². The van der Waals surface area contributed by atoms with Crippen LogP contribution in [0.25, 0.3) is 0 Å². The Morgan fingerprint density at radius 3 is 2.48 bits per heavy atom. The molecule has 0 aliphatic carbocycles. The second-order valence-electron chi connectivity index (χ2n) is 6.24. The number of benzene rings is 1. The standard InChI is InChI=1S/C17H26O3S/c1-5-6-7-15-17(20-15,16(18)12(2)3)21(19)14-10-8-13(4)9-11-14/h8-12,15-16,18H,5-7H2,1-4H3/t15-,16-,17+,21+/m1/s1. The number of hydrogen-bond donors (Lipinski definition) is 1. The zero-order chi connectivity index (χ0) is 15.6. The Morgan fingerprint density at radius 2 is 1.95 bits per heavy atom. The van der Waals surface area contributed by atoms with Gasteiger partial charge in [0, 0.05) is 4.90 Å². The number of aliphatic hydroxyl groups excluding tert-OH is 1. The van der Waals surface area contributed by atoms with Gasteiger partial charge in [0.2, 0.25) is 0 Å². The van der Waals surface area contributed by atoms with Crippen molar-refractivity contribution < 1.29 is 14.1 Å². The molecule has 1 saturated heterocycles. The van der Waals surface area contributed by atoms with E-state index >= 15 is 0 Å². The number of rotatable bonds is 7. The molecule has 0 radical (unpaired) electrons. The highest BCUT2D eigenvalue weighted by Gasteiger charge is 2.66. The van der Waals surface area contributed by atoms with Gasteiger partial charge in [-0.25, -0.2) is 0 Å². The molecule has 4 atom stereocenters. The van der Waals surface area contributed by atoms with Crippen molar-refractivity contribution in [2.75, 3.05) is 0 Å². The summed E-state index contributed by atoms with van der Waals surface area (Å²) in [6.45, 7) is 8.01. The van der Waals surface area contributed by atoms with Gasteiger partial charge in [0.1, 0.15) is 12.2 Å². The summed E-state index contributed by atoms with van der Waals surface area (Å²) in [5.74, 6) is 0.0195. The molecule has 21 heavy (non-hydrogen) atoms. The van der Waals surface area contributed by atoms with E-state index in [0.29, 0.717) is 0 Å². The van der Waals surface area contributed by atoms with Gasteiger partial charge in [0.15, 0.2) is 4.93 Å². The second-order valence-corrected chi connectivity index (χ2v) is 7.89. The molecule has 118 valence electrons. The van der Waals surface area contributed by atoms with Gasteiger partial charge in [-0.15, -0.1) is 0 Å². The van der Waals surface area contributed by atoms with E-state index in [1.54, 1.807) is 0 Å². The highest BCUT2D eigenvalue weighted by atomic mass is 32.2. The van der Waals surface area contributed by atoms with Crippen LogP contribution in [0, 0.1) is 12.8 Å². The third-order valence-electron chi connectivity index (χ3n) is 4.11. The number of epoxide rings is 1. The van der Waals surface area contributed by atoms with Gasteiger partial charge in [0.25, 0.3) is 0 Å². The van der Waals surface area contributed by atoms with Crippen LogP contribution in [0.4, 0.5) is 0 Å². The molecular formula is C17H26O3S. The summed E-state index contributed by atoms with van der Waals surface area (Å²) in [7, 11) is -1.35. The van der Waals surface area contributed by atoms with E-state index in [9.17, 15) is 9.32 Å². The molecule has 1 aromatic rings. The van der Waals surface area contributed by atoms with Gasteiger partial charge in [-0.05, 0) is 31.4 Å². The molecule has 2 rings (SSSR count). The summed E-state index contributed by atoms with van der Waals surface area (Å²) in [6.07, 6.45) is 2.16. The highest BCUT2D eigenvalue weighted by Crippen LogP contribution is 2.49. The van der Waals surface area contributed by atoms with Crippen LogP contribution in [0.1, 0.15) is 45.6 Å². The van der Waals surface area contributed by atoms with Gasteiger partial charge in [-0.1, -0.05) is 51.3 Å². The number of aryl methyl sites for hydroxylation is 1. The Hall–Kier alpha value is -0.710. The molecule has 1 aliphatic heterocycles. The molecular weight excluding hydrogens is 284 g/mol. The summed E-state index contributed by atoms with van der Waals surface area (Å²) in [6, 6.07) is 7.65. The van der Waals surface area contributed by atoms with Crippen molar-refractivity contribution >= 4 is 10.8 Å². The molecule has 1 N–H and O–H groups in total. The predicted octanol–water partition coefficient (Wildman–Crippen LogP) is 3.40. The van der Waals surface area contributed by atoms with Crippen molar-refractivity contribution in [3.8, 4) is 0 Å². The smallest absolute Gasteiger partial charge is 0.199 e. The van der Waals surface area contributed by atoms with Crippen LogP contribution >= 0.6 is 0 Å². The van der Waals surface area contributed by atoms with Crippen molar-refractivity contribution in [1.82, 2.24) is 0 Å². The molecule has 4 heteroatoms. The van der Waals surface area contributed by atoms with E-state index in [0.717, 1.165) is 29.7 Å². The number of ether oxygens (including phenoxy) is 1. The van der Waals surface area contributed by atoms with E-state index in [1.807, 2.05) is 45.0 Å². The minimum atomic E-state index is -1.35. The minimum Gasteiger partial charge on any atom is -0.389 e. The SMILES string of the molecule is CCCC[C@H]1O[C@]1([C@H](O)C(C)C)[S@@](=O)c1ccc(C)cc1. The molecule has 1 aliphatic rings. The Kier molecular flexibility index (Phi) is 5.23. The molecule has 0 spiro atoms. The largest absolute Gasteiger partial charge is 0.389 e. The van der Waals surface area contributed by atoms with Crippen molar-refractivity contribution in [3.63, 3.8) is 0 Å². The first kappa shape index (κ1) is 16.7. The fourth-order valence-corrected chi connectivity index (χ4v) is 4.48. The molecule has 0 amide bonds. The molecule has 0 aromatic heterocycles. The van der Waals surface area contributed by atoms with Gasteiger partial charge in [-0.2, -0.15) is 0 Å². The second kappa shape index (κ2) is 6.59. The van der Waals surface area contributed by atoms with E-state index in [4.69, 9.17) is 4.74 Å². The van der Waals surface area contributed by atoms with Crippen LogP contribution in [0.15, 0.2) is 29.2 Å². The Morgan fingerprint density at radius 1 is 1.33 bits per heavy atom. The first-order valence-corrected chi connectivity index (χ1v) is 8.92. The van der Waals surface area contributed by atoms with E-state index in [1.165, 1.54) is 0 Å². The molecule has 0 saturated carbocycles. The monoisotopic (exact) mass is 310 g/mol. The average Bonchev–Trinajstić information content (AvgIpc) is 3.19. The quantitative estimate of drug-likeness (QED) is 0.785. The third-order valence-corrected chi connectivity index (χ3v) is 5.99. The summed E-state index contributed by atoms with van der Waals surface area (Å²) in [5, 5.41) is 10.6. The molecule has 0 unspecified atom stereocenters. The fraction of sp³-hybridized carbons (Fsp3) is 0.647. The maximum Gasteiger partial charge on any atom is 0.199 e. The van der Waals surface area contributed by atoms with Gasteiger partial charge in [0.05, 0.1) is 10.8 Å². The lowest BCUT2D eigenvalue weighted by molar-refractivity contribution is 0.0764.